The van der Waals surface area contributed by atoms with Gasteiger partial charge in [-0.15, -0.1) is 0 Å². The van der Waals surface area contributed by atoms with E-state index in [1.54, 1.807) is 0 Å². The Morgan fingerprint density at radius 3 is 2.42 bits per heavy atom. The van der Waals surface area contributed by atoms with Crippen LogP contribution in [-0.2, 0) is 6.54 Å². The molecule has 1 heterocycles. The Balaban J connectivity index is 1.52. The summed E-state index contributed by atoms with van der Waals surface area (Å²) >= 11 is 6.23. The lowest BCUT2D eigenvalue weighted by molar-refractivity contribution is 0.143. The van der Waals surface area contributed by atoms with Crippen LogP contribution in [0, 0.1) is 6.92 Å². The molecule has 4 nitrogen and oxygen atoms in total. The number of halogens is 1. The monoisotopic (exact) mass is 343 g/mol. The molecule has 5 heteroatoms. The zero-order valence-corrected chi connectivity index (χ0v) is 14.6. The number of nitrogens with zero attached hydrogens (tertiary/aromatic N) is 2. The first-order valence-electron chi connectivity index (χ1n) is 8.21. The fraction of sp³-hybridized carbons (Fsp3) is 0.316. The number of piperazine rings is 1. The zero-order chi connectivity index (χ0) is 16.9. The summed E-state index contributed by atoms with van der Waals surface area (Å²) in [6.45, 7) is 5.98. The molecule has 0 unspecified atom stereocenters. The van der Waals surface area contributed by atoms with Crippen molar-refractivity contribution in [2.24, 2.45) is 0 Å². The van der Waals surface area contributed by atoms with E-state index in [4.69, 9.17) is 11.6 Å². The van der Waals surface area contributed by atoms with Crippen LogP contribution >= 0.6 is 11.6 Å². The summed E-state index contributed by atoms with van der Waals surface area (Å²) in [4.78, 5) is 16.6. The number of amides is 2. The molecule has 0 spiro atoms. The van der Waals surface area contributed by atoms with Crippen LogP contribution in [0.1, 0.15) is 11.1 Å². The molecule has 1 aliphatic rings. The molecule has 24 heavy (non-hydrogen) atoms. The molecule has 3 rings (SSSR count). The molecule has 2 aromatic rings. The van der Waals surface area contributed by atoms with Crippen LogP contribution in [-0.4, -0.2) is 42.0 Å². The fourth-order valence-electron chi connectivity index (χ4n) is 2.88. The van der Waals surface area contributed by atoms with Crippen molar-refractivity contribution in [3.05, 3.63) is 64.7 Å². The second-order valence-electron chi connectivity index (χ2n) is 6.10. The Hall–Kier alpha value is -2.04. The molecule has 0 aliphatic carbocycles. The lowest BCUT2D eigenvalue weighted by Crippen LogP contribution is -2.49. The molecular weight excluding hydrogens is 322 g/mol. The van der Waals surface area contributed by atoms with Gasteiger partial charge in [0.05, 0.1) is 0 Å². The van der Waals surface area contributed by atoms with Crippen molar-refractivity contribution in [3.8, 4) is 0 Å². The summed E-state index contributed by atoms with van der Waals surface area (Å²) in [6, 6.07) is 15.7. The first-order chi connectivity index (χ1) is 11.6. The minimum Gasteiger partial charge on any atom is -0.322 e. The second kappa shape index (κ2) is 7.69. The van der Waals surface area contributed by atoms with E-state index in [2.05, 4.69) is 16.3 Å². The molecule has 1 aliphatic heterocycles. The highest BCUT2D eigenvalue weighted by Gasteiger charge is 2.21. The number of rotatable bonds is 3. The van der Waals surface area contributed by atoms with Gasteiger partial charge in [-0.2, -0.15) is 0 Å². The highest BCUT2D eigenvalue weighted by atomic mass is 35.5. The van der Waals surface area contributed by atoms with E-state index in [0.717, 1.165) is 54.6 Å². The van der Waals surface area contributed by atoms with Crippen molar-refractivity contribution in [2.75, 3.05) is 31.5 Å². The molecule has 1 saturated heterocycles. The van der Waals surface area contributed by atoms with Crippen molar-refractivity contribution < 1.29 is 4.79 Å². The van der Waals surface area contributed by atoms with Crippen LogP contribution in [0.3, 0.4) is 0 Å². The number of nitrogens with one attached hydrogen (secondary N) is 1. The summed E-state index contributed by atoms with van der Waals surface area (Å²) in [7, 11) is 0. The molecule has 0 radical (unpaired) electrons. The topological polar surface area (TPSA) is 35.6 Å². The standard InChI is InChI=1S/C19H22ClN3O/c1-15-6-2-5-9-18(15)21-19(24)23-12-10-22(11-13-23)14-16-7-3-4-8-17(16)20/h2-9H,10-14H2,1H3,(H,21,24). The third-order valence-corrected chi connectivity index (χ3v) is 4.77. The third-order valence-electron chi connectivity index (χ3n) is 4.40. The summed E-state index contributed by atoms with van der Waals surface area (Å²) in [5, 5.41) is 3.80. The Labute approximate surface area is 148 Å². The van der Waals surface area contributed by atoms with E-state index in [0.29, 0.717) is 0 Å². The lowest BCUT2D eigenvalue weighted by Gasteiger charge is -2.35. The normalized spacial score (nSPS) is 15.3. The van der Waals surface area contributed by atoms with E-state index in [-0.39, 0.29) is 6.03 Å². The molecule has 1 fully saturated rings. The van der Waals surface area contributed by atoms with Gasteiger partial charge in [-0.1, -0.05) is 48.0 Å². The van der Waals surface area contributed by atoms with E-state index in [1.807, 2.05) is 54.3 Å². The number of urea groups is 1. The molecule has 0 aromatic heterocycles. The van der Waals surface area contributed by atoms with Gasteiger partial charge in [-0.3, -0.25) is 4.90 Å². The Morgan fingerprint density at radius 2 is 1.71 bits per heavy atom. The third kappa shape index (κ3) is 4.08. The number of aryl methyl sites for hydroxylation is 1. The number of hydrogen-bond acceptors (Lipinski definition) is 2. The lowest BCUT2D eigenvalue weighted by atomic mass is 10.2. The highest BCUT2D eigenvalue weighted by Crippen LogP contribution is 2.18. The average molecular weight is 344 g/mol. The number of para-hydroxylation sites is 1. The van der Waals surface area contributed by atoms with Crippen molar-refractivity contribution in [3.63, 3.8) is 0 Å². The van der Waals surface area contributed by atoms with E-state index in [1.165, 1.54) is 0 Å². The number of carbonyl (C=O) groups excluding carboxylic acids is 1. The largest absolute Gasteiger partial charge is 0.322 e. The van der Waals surface area contributed by atoms with Gasteiger partial charge in [0.1, 0.15) is 0 Å². The first kappa shape index (κ1) is 16.8. The maximum atomic E-state index is 12.4. The Kier molecular flexibility index (Phi) is 5.38. The van der Waals surface area contributed by atoms with Gasteiger partial charge >= 0.3 is 6.03 Å². The summed E-state index contributed by atoms with van der Waals surface area (Å²) in [5.41, 5.74) is 3.08. The van der Waals surface area contributed by atoms with Crippen molar-refractivity contribution in [1.29, 1.82) is 0 Å². The minimum absolute atomic E-state index is 0.0262. The van der Waals surface area contributed by atoms with Crippen molar-refractivity contribution in [1.82, 2.24) is 9.80 Å². The maximum Gasteiger partial charge on any atom is 0.321 e. The van der Waals surface area contributed by atoms with Crippen LogP contribution in [0.25, 0.3) is 0 Å². The van der Waals surface area contributed by atoms with E-state index >= 15 is 0 Å². The van der Waals surface area contributed by atoms with Gasteiger partial charge in [0.2, 0.25) is 0 Å². The summed E-state index contributed by atoms with van der Waals surface area (Å²) < 4.78 is 0. The van der Waals surface area contributed by atoms with Crippen molar-refractivity contribution >= 4 is 23.3 Å². The van der Waals surface area contributed by atoms with Crippen LogP contribution in [0.15, 0.2) is 48.5 Å². The SMILES string of the molecule is Cc1ccccc1NC(=O)N1CCN(Cc2ccccc2Cl)CC1. The van der Waals surface area contributed by atoms with Crippen LogP contribution in [0.5, 0.6) is 0 Å². The number of carbonyl (C=O) groups is 1. The quantitative estimate of drug-likeness (QED) is 0.914. The predicted octanol–water partition coefficient (Wildman–Crippen LogP) is 4.00. The minimum atomic E-state index is -0.0262. The zero-order valence-electron chi connectivity index (χ0n) is 13.8. The fourth-order valence-corrected chi connectivity index (χ4v) is 3.08. The average Bonchev–Trinajstić information content (AvgIpc) is 2.59. The number of hydrogen-bond donors (Lipinski definition) is 1. The summed E-state index contributed by atoms with van der Waals surface area (Å²) in [6.07, 6.45) is 0. The molecule has 0 bridgehead atoms. The molecule has 1 N–H and O–H groups in total. The van der Waals surface area contributed by atoms with Gasteiger partial charge in [0, 0.05) is 43.4 Å². The first-order valence-corrected chi connectivity index (χ1v) is 8.58. The number of anilines is 1. The smallest absolute Gasteiger partial charge is 0.321 e. The summed E-state index contributed by atoms with van der Waals surface area (Å²) in [5.74, 6) is 0. The molecular formula is C19H22ClN3O. The predicted molar refractivity (Wildman–Crippen MR) is 98.5 cm³/mol. The molecule has 2 aromatic carbocycles. The van der Waals surface area contributed by atoms with Crippen molar-refractivity contribution in [2.45, 2.75) is 13.5 Å². The van der Waals surface area contributed by atoms with Crippen LogP contribution in [0.2, 0.25) is 5.02 Å². The van der Waals surface area contributed by atoms with E-state index in [9.17, 15) is 4.79 Å². The van der Waals surface area contributed by atoms with Crippen LogP contribution < -0.4 is 5.32 Å². The maximum absolute atomic E-state index is 12.4. The Bertz CT molecular complexity index is 711. The highest BCUT2D eigenvalue weighted by molar-refractivity contribution is 6.31. The van der Waals surface area contributed by atoms with Crippen LogP contribution in [0.4, 0.5) is 10.5 Å². The molecule has 126 valence electrons. The molecule has 0 saturated carbocycles. The van der Waals surface area contributed by atoms with Gasteiger partial charge in [0.25, 0.3) is 0 Å². The van der Waals surface area contributed by atoms with Gasteiger partial charge in [0.15, 0.2) is 0 Å². The second-order valence-corrected chi connectivity index (χ2v) is 6.51. The number of benzene rings is 2. The van der Waals surface area contributed by atoms with E-state index < -0.39 is 0 Å². The Morgan fingerprint density at radius 1 is 1.04 bits per heavy atom. The molecule has 2 amide bonds. The van der Waals surface area contributed by atoms with Gasteiger partial charge < -0.3 is 10.2 Å². The molecule has 0 atom stereocenters. The van der Waals surface area contributed by atoms with Gasteiger partial charge in [-0.05, 0) is 30.2 Å². The van der Waals surface area contributed by atoms with Gasteiger partial charge in [-0.25, -0.2) is 4.79 Å².